The second-order valence-electron chi connectivity index (χ2n) is 7.07. The summed E-state index contributed by atoms with van der Waals surface area (Å²) < 4.78 is 27.6. The van der Waals surface area contributed by atoms with E-state index in [-0.39, 0.29) is 17.3 Å². The van der Waals surface area contributed by atoms with Gasteiger partial charge < -0.3 is 14.8 Å². The summed E-state index contributed by atoms with van der Waals surface area (Å²) in [4.78, 5) is 14.8. The first kappa shape index (κ1) is 17.2. The van der Waals surface area contributed by atoms with Gasteiger partial charge in [-0.1, -0.05) is 34.0 Å². The van der Waals surface area contributed by atoms with Gasteiger partial charge in [-0.25, -0.2) is 0 Å². The molecule has 2 atom stereocenters. The second-order valence-corrected chi connectivity index (χ2v) is 8.80. The van der Waals surface area contributed by atoms with E-state index in [4.69, 9.17) is 0 Å². The molecule has 2 aliphatic heterocycles. The molecule has 2 N–H and O–H groups in total. The minimum Gasteiger partial charge on any atom is -0.593 e. The molecule has 0 radical (unpaired) electrons. The van der Waals surface area contributed by atoms with E-state index in [0.717, 1.165) is 5.56 Å². The van der Waals surface area contributed by atoms with Gasteiger partial charge in [0.15, 0.2) is 15.3 Å². The molecule has 2 aromatic carbocycles. The van der Waals surface area contributed by atoms with E-state index in [2.05, 4.69) is 10.0 Å². The lowest BCUT2D eigenvalue weighted by Crippen LogP contribution is -2.50. The molecule has 0 bridgehead atoms. The molecule has 4 rings (SSSR count). The van der Waals surface area contributed by atoms with Gasteiger partial charge in [-0.3, -0.25) is 4.79 Å². The molecule has 1 spiro atoms. The fraction of sp³-hybridized carbons (Fsp3) is 0.316. The zero-order valence-corrected chi connectivity index (χ0v) is 15.3. The van der Waals surface area contributed by atoms with E-state index < -0.39 is 15.9 Å². The molecule has 1 amide bonds. The van der Waals surface area contributed by atoms with Crippen molar-refractivity contribution in [3.8, 4) is 0 Å². The van der Waals surface area contributed by atoms with E-state index in [0.29, 0.717) is 30.8 Å². The predicted molar refractivity (Wildman–Crippen MR) is 99.6 cm³/mol. The lowest BCUT2D eigenvalue weighted by molar-refractivity contribution is 0.0786. The highest BCUT2D eigenvalue weighted by Gasteiger charge is 2.45. The maximum atomic E-state index is 12.8. The van der Waals surface area contributed by atoms with Gasteiger partial charge in [0.25, 0.3) is 5.91 Å². The van der Waals surface area contributed by atoms with E-state index in [1.165, 1.54) is 0 Å². The second kappa shape index (κ2) is 6.19. The van der Waals surface area contributed by atoms with Gasteiger partial charge in [0, 0.05) is 18.7 Å². The van der Waals surface area contributed by atoms with Crippen LogP contribution in [0.25, 0.3) is 0 Å². The number of rotatable bonds is 1. The summed E-state index contributed by atoms with van der Waals surface area (Å²) in [6, 6.07) is 14.4. The number of sulfonamides is 1. The molecule has 6 nitrogen and oxygen atoms in total. The third-order valence-electron chi connectivity index (χ3n) is 5.12. The monoisotopic (exact) mass is 371 g/mol. The molecule has 26 heavy (non-hydrogen) atoms. The van der Waals surface area contributed by atoms with Crippen molar-refractivity contribution in [2.75, 3.05) is 25.0 Å². The van der Waals surface area contributed by atoms with Crippen LogP contribution < -0.4 is 10.0 Å². The average molecular weight is 371 g/mol. The number of hydrogen-bond donors (Lipinski definition) is 2. The Morgan fingerprint density at radius 2 is 1.92 bits per heavy atom. The molecule has 0 aromatic heterocycles. The number of nitrogens with one attached hydrogen (secondary N) is 2. The zero-order chi connectivity index (χ0) is 18.4. The third kappa shape index (κ3) is 3.02. The third-order valence-corrected chi connectivity index (χ3v) is 6.58. The van der Waals surface area contributed by atoms with E-state index in [1.54, 1.807) is 23.1 Å². The van der Waals surface area contributed by atoms with Gasteiger partial charge in [-0.05, 0) is 37.6 Å². The summed E-state index contributed by atoms with van der Waals surface area (Å²) in [5.41, 5.74) is 1.85. The van der Waals surface area contributed by atoms with Crippen molar-refractivity contribution in [3.05, 3.63) is 59.7 Å². The van der Waals surface area contributed by atoms with Gasteiger partial charge in [0.05, 0.1) is 17.8 Å². The predicted octanol–water partition coefficient (Wildman–Crippen LogP) is 2.20. The van der Waals surface area contributed by atoms with Gasteiger partial charge in [-0.2, -0.15) is 0 Å². The summed E-state index contributed by atoms with van der Waals surface area (Å²) in [6.07, 6.45) is 0.682. The highest BCUT2D eigenvalue weighted by atomic mass is 32.3. The number of para-hydroxylation sites is 1. The molecule has 2 unspecified atom stereocenters. The standard InChI is InChI=1S/C19H21N3O3S/c1-14-6-8-15(9-7-14)18(23)22-11-10-19(13-22)12-20-26(24,25)17-5-3-2-4-16(17)21-19/h2-9H,10-13H2,1H3,(H2-,20,21,24,25). The van der Waals surface area contributed by atoms with Crippen LogP contribution in [-0.2, 0) is 14.6 Å². The fourth-order valence-corrected chi connectivity index (χ4v) is 4.90. The quantitative estimate of drug-likeness (QED) is 0.753. The summed E-state index contributed by atoms with van der Waals surface area (Å²) >= 11 is 0. The van der Waals surface area contributed by atoms with Crippen molar-refractivity contribution in [2.24, 2.45) is 0 Å². The van der Waals surface area contributed by atoms with Crippen LogP contribution in [0.3, 0.4) is 0 Å². The molecule has 136 valence electrons. The topological polar surface area (TPSA) is 84.5 Å². The Balaban J connectivity index is 1.59. The molecule has 7 heteroatoms. The Morgan fingerprint density at radius 3 is 2.69 bits per heavy atom. The first-order valence-corrected chi connectivity index (χ1v) is 10.1. The smallest absolute Gasteiger partial charge is 0.253 e. The van der Waals surface area contributed by atoms with Crippen molar-refractivity contribution in [1.82, 2.24) is 9.62 Å². The van der Waals surface area contributed by atoms with Crippen molar-refractivity contribution in [2.45, 2.75) is 23.8 Å². The SMILES string of the molecule is Cc1ccc(C(=O)N2CCC3(CN[S+](=O)([O-])c4ccccc4N3)C2)cc1. The van der Waals surface area contributed by atoms with Crippen LogP contribution in [0.4, 0.5) is 5.69 Å². The minimum atomic E-state index is -3.55. The van der Waals surface area contributed by atoms with Crippen molar-refractivity contribution in [1.29, 1.82) is 0 Å². The van der Waals surface area contributed by atoms with Crippen molar-refractivity contribution in [3.63, 3.8) is 0 Å². The van der Waals surface area contributed by atoms with Gasteiger partial charge in [0.1, 0.15) is 0 Å². The Hall–Kier alpha value is -2.22. The lowest BCUT2D eigenvalue weighted by atomic mass is 9.98. The van der Waals surface area contributed by atoms with E-state index in [9.17, 15) is 13.6 Å². The summed E-state index contributed by atoms with van der Waals surface area (Å²) in [7, 11) is -3.55. The molecule has 2 aliphatic rings. The van der Waals surface area contributed by atoms with Crippen molar-refractivity contribution < 1.29 is 13.6 Å². The molecule has 2 heterocycles. The van der Waals surface area contributed by atoms with Crippen LogP contribution in [0, 0.1) is 6.92 Å². The van der Waals surface area contributed by atoms with Crippen LogP contribution in [0.2, 0.25) is 0 Å². The Bertz CT molecular complexity index is 899. The lowest BCUT2D eigenvalue weighted by Gasteiger charge is -2.29. The number of likely N-dealkylation sites (tertiary alicyclic amines) is 1. The van der Waals surface area contributed by atoms with E-state index >= 15 is 0 Å². The molecule has 1 fully saturated rings. The van der Waals surface area contributed by atoms with Crippen molar-refractivity contribution >= 4 is 22.0 Å². The Labute approximate surface area is 154 Å². The van der Waals surface area contributed by atoms with Crippen LogP contribution in [0.1, 0.15) is 22.3 Å². The number of amides is 1. The number of carbonyl (C=O) groups is 1. The maximum Gasteiger partial charge on any atom is 0.253 e. The zero-order valence-electron chi connectivity index (χ0n) is 14.5. The fourth-order valence-electron chi connectivity index (χ4n) is 3.62. The molecule has 1 saturated heterocycles. The first-order valence-electron chi connectivity index (χ1n) is 8.61. The van der Waals surface area contributed by atoms with Crippen LogP contribution >= 0.6 is 0 Å². The number of carbonyl (C=O) groups excluding carboxylic acids is 1. The average Bonchev–Trinajstić information content (AvgIpc) is 3.00. The van der Waals surface area contributed by atoms with Crippen LogP contribution in [0.15, 0.2) is 53.4 Å². The highest BCUT2D eigenvalue weighted by molar-refractivity contribution is 7.96. The van der Waals surface area contributed by atoms with Crippen LogP contribution in [0.5, 0.6) is 0 Å². The normalized spacial score (nSPS) is 27.7. The number of aryl methyl sites for hydroxylation is 1. The molecular formula is C19H21N3O3S. The number of benzene rings is 2. The first-order chi connectivity index (χ1) is 12.4. The Kier molecular flexibility index (Phi) is 4.10. The van der Waals surface area contributed by atoms with Gasteiger partial charge in [0.2, 0.25) is 0 Å². The highest BCUT2D eigenvalue weighted by Crippen LogP contribution is 2.34. The van der Waals surface area contributed by atoms with Gasteiger partial charge >= 0.3 is 0 Å². The number of nitrogens with zero attached hydrogens (tertiary/aromatic N) is 1. The number of hydrogen-bond acceptors (Lipinski definition) is 4. The molecular weight excluding hydrogens is 350 g/mol. The van der Waals surface area contributed by atoms with E-state index in [1.807, 2.05) is 37.3 Å². The molecule has 0 saturated carbocycles. The molecule has 0 aliphatic carbocycles. The summed E-state index contributed by atoms with van der Waals surface area (Å²) in [6.45, 7) is 3.28. The minimum absolute atomic E-state index is 0.0240. The maximum absolute atomic E-state index is 12.8. The number of anilines is 1. The molecule has 2 aromatic rings. The number of fused-ring (bicyclic) bond motifs is 1. The van der Waals surface area contributed by atoms with Crippen LogP contribution in [-0.4, -0.2) is 40.5 Å². The summed E-state index contributed by atoms with van der Waals surface area (Å²) in [5, 5.41) is 3.40. The van der Waals surface area contributed by atoms with Gasteiger partial charge in [-0.15, -0.1) is 4.72 Å². The largest absolute Gasteiger partial charge is 0.593 e. The summed E-state index contributed by atoms with van der Waals surface area (Å²) in [5.74, 6) is -0.0240. The Morgan fingerprint density at radius 1 is 1.19 bits per heavy atom.